The van der Waals surface area contributed by atoms with E-state index in [1.54, 1.807) is 19.2 Å². The Morgan fingerprint density at radius 2 is 1.54 bits per heavy atom. The summed E-state index contributed by atoms with van der Waals surface area (Å²) in [6.45, 7) is 3.69. The number of hydrogen-bond donors (Lipinski definition) is 2. The Morgan fingerprint density at radius 3 is 2.18 bits per heavy atom. The van der Waals surface area contributed by atoms with Crippen LogP contribution in [0.2, 0.25) is 0 Å². The molecular formula is C33H36N2O4. The minimum Gasteiger partial charge on any atom is -0.497 e. The fraction of sp³-hybridized carbons (Fsp3) is 0.242. The molecule has 0 heterocycles. The van der Waals surface area contributed by atoms with E-state index in [1.807, 2.05) is 66.7 Å². The van der Waals surface area contributed by atoms with E-state index in [9.17, 15) is 9.90 Å². The molecule has 6 nitrogen and oxygen atoms in total. The predicted molar refractivity (Wildman–Crippen MR) is 155 cm³/mol. The highest BCUT2D eigenvalue weighted by Crippen LogP contribution is 2.30. The van der Waals surface area contributed by atoms with Crippen molar-refractivity contribution in [1.29, 1.82) is 0 Å². The predicted octanol–water partition coefficient (Wildman–Crippen LogP) is 6.01. The van der Waals surface area contributed by atoms with Crippen LogP contribution in [0, 0.1) is 0 Å². The molecule has 1 amide bonds. The average Bonchev–Trinajstić information content (AvgIpc) is 2.97. The molecule has 0 aliphatic carbocycles. The van der Waals surface area contributed by atoms with Crippen LogP contribution in [-0.2, 0) is 24.4 Å². The van der Waals surface area contributed by atoms with Crippen LogP contribution in [0.1, 0.15) is 35.3 Å². The van der Waals surface area contributed by atoms with Crippen LogP contribution in [0.5, 0.6) is 11.5 Å². The van der Waals surface area contributed by atoms with Gasteiger partial charge in [0.15, 0.2) is 0 Å². The van der Waals surface area contributed by atoms with Gasteiger partial charge in [-0.2, -0.15) is 0 Å². The van der Waals surface area contributed by atoms with E-state index in [1.165, 1.54) is 11.1 Å². The van der Waals surface area contributed by atoms with Crippen LogP contribution < -0.4 is 14.8 Å². The first-order valence-corrected chi connectivity index (χ1v) is 13.2. The molecule has 0 saturated heterocycles. The van der Waals surface area contributed by atoms with Crippen LogP contribution in [0.15, 0.2) is 103 Å². The zero-order valence-electron chi connectivity index (χ0n) is 22.5. The molecule has 0 aliphatic heterocycles. The van der Waals surface area contributed by atoms with Gasteiger partial charge in [-0.1, -0.05) is 78.9 Å². The molecule has 6 heteroatoms. The summed E-state index contributed by atoms with van der Waals surface area (Å²) in [6.07, 6.45) is 0.690. The summed E-state index contributed by atoms with van der Waals surface area (Å²) in [4.78, 5) is 13.6. The molecule has 4 aromatic carbocycles. The third-order valence-corrected chi connectivity index (χ3v) is 6.79. The number of carbonyl (C=O) groups excluding carboxylic acids is 1. The highest BCUT2D eigenvalue weighted by atomic mass is 16.5. The van der Waals surface area contributed by atoms with Gasteiger partial charge in [0.05, 0.1) is 18.9 Å². The normalized spacial score (nSPS) is 12.5. The first-order valence-electron chi connectivity index (χ1n) is 13.2. The Bertz CT molecular complexity index is 1300. The molecule has 0 radical (unpaired) electrons. The molecule has 39 heavy (non-hydrogen) atoms. The van der Waals surface area contributed by atoms with Crippen molar-refractivity contribution in [1.82, 2.24) is 4.90 Å². The molecular weight excluding hydrogens is 488 g/mol. The van der Waals surface area contributed by atoms with Crippen molar-refractivity contribution >= 4 is 12.1 Å². The average molecular weight is 525 g/mol. The Hall–Kier alpha value is -4.13. The van der Waals surface area contributed by atoms with Crippen LogP contribution in [0.3, 0.4) is 0 Å². The Morgan fingerprint density at radius 1 is 0.872 bits per heavy atom. The molecule has 2 atom stereocenters. The van der Waals surface area contributed by atoms with Crippen molar-refractivity contribution in [2.75, 3.05) is 19.0 Å². The lowest BCUT2D eigenvalue weighted by atomic mass is 10.0. The largest absolute Gasteiger partial charge is 0.497 e. The number of aliphatic hydroxyl groups excluding tert-OH is 1. The maximum atomic E-state index is 11.3. The van der Waals surface area contributed by atoms with E-state index in [2.05, 4.69) is 41.4 Å². The SMILES string of the molecule is COc1ccc(CC(C)N(Cc2ccccc2)C[C@H](O)c2ccc(OCc3ccccc3)c(NC=O)c2)cc1. The number of benzene rings is 4. The smallest absolute Gasteiger partial charge is 0.211 e. The molecule has 0 bridgehead atoms. The maximum absolute atomic E-state index is 11.3. The molecule has 0 spiro atoms. The van der Waals surface area contributed by atoms with E-state index in [0.717, 1.165) is 17.7 Å². The Labute approximate surface area is 230 Å². The van der Waals surface area contributed by atoms with E-state index >= 15 is 0 Å². The van der Waals surface area contributed by atoms with Crippen molar-refractivity contribution in [3.63, 3.8) is 0 Å². The number of anilines is 1. The first-order chi connectivity index (χ1) is 19.1. The lowest BCUT2D eigenvalue weighted by Gasteiger charge is -2.31. The summed E-state index contributed by atoms with van der Waals surface area (Å²) in [5.41, 5.74) is 4.65. The minimum absolute atomic E-state index is 0.161. The van der Waals surface area contributed by atoms with Crippen molar-refractivity contribution in [2.24, 2.45) is 0 Å². The van der Waals surface area contributed by atoms with Gasteiger partial charge in [0, 0.05) is 19.1 Å². The number of carbonyl (C=O) groups is 1. The quantitative estimate of drug-likeness (QED) is 0.198. The van der Waals surface area contributed by atoms with Gasteiger partial charge in [-0.05, 0) is 59.9 Å². The minimum atomic E-state index is -0.762. The zero-order chi connectivity index (χ0) is 27.5. The zero-order valence-corrected chi connectivity index (χ0v) is 22.5. The number of aliphatic hydroxyl groups is 1. The number of nitrogens with one attached hydrogen (secondary N) is 1. The number of methoxy groups -OCH3 is 1. The summed E-state index contributed by atoms with van der Waals surface area (Å²) >= 11 is 0. The number of hydrogen-bond acceptors (Lipinski definition) is 5. The second-order valence-electron chi connectivity index (χ2n) is 9.62. The highest BCUT2D eigenvalue weighted by molar-refractivity contribution is 5.76. The van der Waals surface area contributed by atoms with Gasteiger partial charge >= 0.3 is 0 Å². The topological polar surface area (TPSA) is 71.0 Å². The molecule has 202 valence electrons. The van der Waals surface area contributed by atoms with Crippen molar-refractivity contribution < 1.29 is 19.4 Å². The third-order valence-electron chi connectivity index (χ3n) is 6.79. The van der Waals surface area contributed by atoms with Gasteiger partial charge in [-0.3, -0.25) is 9.69 Å². The lowest BCUT2D eigenvalue weighted by molar-refractivity contribution is -0.105. The van der Waals surface area contributed by atoms with Gasteiger partial charge in [0.2, 0.25) is 6.41 Å². The monoisotopic (exact) mass is 524 g/mol. The summed E-state index contributed by atoms with van der Waals surface area (Å²) in [7, 11) is 1.67. The molecule has 0 aliphatic rings. The molecule has 4 aromatic rings. The number of ether oxygens (including phenoxy) is 2. The Kier molecular flexibility index (Phi) is 10.1. The van der Waals surface area contributed by atoms with Crippen molar-refractivity contribution in [3.8, 4) is 11.5 Å². The summed E-state index contributed by atoms with van der Waals surface area (Å²) < 4.78 is 11.3. The third kappa shape index (κ3) is 8.18. The molecule has 0 saturated carbocycles. The highest BCUT2D eigenvalue weighted by Gasteiger charge is 2.21. The van der Waals surface area contributed by atoms with E-state index in [-0.39, 0.29) is 6.04 Å². The van der Waals surface area contributed by atoms with E-state index in [4.69, 9.17) is 9.47 Å². The number of nitrogens with zero attached hydrogens (tertiary/aromatic N) is 1. The molecule has 1 unspecified atom stereocenters. The van der Waals surface area contributed by atoms with E-state index in [0.29, 0.717) is 43.1 Å². The van der Waals surface area contributed by atoms with E-state index < -0.39 is 6.10 Å². The van der Waals surface area contributed by atoms with Gasteiger partial charge < -0.3 is 19.9 Å². The Balaban J connectivity index is 1.50. The molecule has 0 aromatic heterocycles. The standard InChI is InChI=1S/C33H36N2O4/c1-25(19-26-13-16-30(38-2)17-14-26)35(21-27-9-5-3-6-10-27)22-32(37)29-15-18-33(31(20-29)34-24-36)39-23-28-11-7-4-8-12-28/h3-18,20,24-25,32,37H,19,21-23H2,1-2H3,(H,34,36)/t25?,32-/m0/s1. The molecule has 4 rings (SSSR count). The van der Waals surface area contributed by atoms with Crippen LogP contribution in [0.25, 0.3) is 0 Å². The van der Waals surface area contributed by atoms with Crippen LogP contribution in [-0.4, -0.2) is 36.1 Å². The van der Waals surface area contributed by atoms with Crippen LogP contribution >= 0.6 is 0 Å². The maximum Gasteiger partial charge on any atom is 0.211 e. The summed E-state index contributed by atoms with van der Waals surface area (Å²) in [6, 6.07) is 33.8. The second-order valence-corrected chi connectivity index (χ2v) is 9.62. The fourth-order valence-corrected chi connectivity index (χ4v) is 4.57. The molecule has 0 fully saturated rings. The lowest BCUT2D eigenvalue weighted by Crippen LogP contribution is -2.37. The second kappa shape index (κ2) is 14.1. The first kappa shape index (κ1) is 27.9. The van der Waals surface area contributed by atoms with Crippen LogP contribution in [0.4, 0.5) is 5.69 Å². The summed E-state index contributed by atoms with van der Waals surface area (Å²) in [5, 5.41) is 14.1. The van der Waals surface area contributed by atoms with Crippen molar-refractivity contribution in [2.45, 2.75) is 38.6 Å². The fourth-order valence-electron chi connectivity index (χ4n) is 4.57. The van der Waals surface area contributed by atoms with Gasteiger partial charge in [0.25, 0.3) is 0 Å². The number of amides is 1. The van der Waals surface area contributed by atoms with Crippen molar-refractivity contribution in [3.05, 3.63) is 125 Å². The summed E-state index contributed by atoms with van der Waals surface area (Å²) in [5.74, 6) is 1.38. The van der Waals surface area contributed by atoms with Gasteiger partial charge in [0.1, 0.15) is 18.1 Å². The van der Waals surface area contributed by atoms with Gasteiger partial charge in [-0.25, -0.2) is 0 Å². The number of rotatable bonds is 14. The van der Waals surface area contributed by atoms with Gasteiger partial charge in [-0.15, -0.1) is 0 Å². The molecule has 2 N–H and O–H groups in total.